The number of piperidine rings is 1. The summed E-state index contributed by atoms with van der Waals surface area (Å²) in [5.41, 5.74) is 0.680. The molecule has 4 heterocycles. The summed E-state index contributed by atoms with van der Waals surface area (Å²) in [5, 5.41) is 4.58. The number of amides is 1. The Hall–Kier alpha value is -2.24. The van der Waals surface area contributed by atoms with Crippen LogP contribution in [0.1, 0.15) is 51.9 Å². The molecule has 35 heavy (non-hydrogen) atoms. The van der Waals surface area contributed by atoms with Crippen molar-refractivity contribution in [1.82, 2.24) is 19.4 Å². The largest absolute Gasteiger partial charge is 0.605 e. The predicted molar refractivity (Wildman–Crippen MR) is 139 cm³/mol. The molecule has 1 N–H and O–H groups in total. The Balaban J connectivity index is 1.28. The maximum absolute atomic E-state index is 12.2. The normalized spacial score (nSPS) is 24.5. The van der Waals surface area contributed by atoms with Crippen molar-refractivity contribution in [1.29, 1.82) is 0 Å². The van der Waals surface area contributed by atoms with E-state index < -0.39 is 10.2 Å². The zero-order chi connectivity index (χ0) is 24.8. The Morgan fingerprint density at radius 1 is 1.34 bits per heavy atom. The van der Waals surface area contributed by atoms with Crippen LogP contribution in [0.4, 0.5) is 5.82 Å². The van der Waals surface area contributed by atoms with Gasteiger partial charge in [0.1, 0.15) is 23.0 Å². The lowest BCUT2D eigenvalue weighted by Gasteiger charge is -2.38. The fraction of sp³-hybridized carbons (Fsp3) is 0.583. The summed E-state index contributed by atoms with van der Waals surface area (Å²) in [6, 6.07) is 2.17. The molecule has 2 aromatic rings. The van der Waals surface area contributed by atoms with Crippen molar-refractivity contribution in [3.05, 3.63) is 31.2 Å². The number of esters is 1. The van der Waals surface area contributed by atoms with Crippen LogP contribution in [0.2, 0.25) is 0 Å². The molecule has 2 aromatic heterocycles. The molecule has 0 bridgehead atoms. The number of nitrogens with zero attached hydrogens (tertiary/aromatic N) is 4. The summed E-state index contributed by atoms with van der Waals surface area (Å²) in [4.78, 5) is 35.0. The first-order chi connectivity index (χ1) is 17.0. The third-order valence-corrected chi connectivity index (χ3v) is 10.3. The van der Waals surface area contributed by atoms with Gasteiger partial charge in [0.2, 0.25) is 5.91 Å². The topological polar surface area (TPSA) is 112 Å². The summed E-state index contributed by atoms with van der Waals surface area (Å²) in [6.45, 7) is 6.34. The molecule has 0 aliphatic carbocycles. The Kier molecular flexibility index (Phi) is 8.96. The Morgan fingerprint density at radius 3 is 2.97 bits per heavy atom. The van der Waals surface area contributed by atoms with Crippen molar-refractivity contribution < 1.29 is 18.9 Å². The number of rotatable bonds is 10. The average molecular weight is 520 g/mol. The van der Waals surface area contributed by atoms with Gasteiger partial charge in [-0.15, -0.1) is 0 Å². The molecule has 9 nitrogen and oxygen atoms in total. The van der Waals surface area contributed by atoms with Crippen LogP contribution in [0.5, 0.6) is 0 Å². The maximum Gasteiger partial charge on any atom is 0.307 e. The van der Waals surface area contributed by atoms with E-state index in [1.165, 1.54) is 23.2 Å². The lowest BCUT2D eigenvalue weighted by Crippen LogP contribution is -2.49. The van der Waals surface area contributed by atoms with Gasteiger partial charge in [0.05, 0.1) is 16.2 Å². The number of nitrogens with one attached hydrogen (secondary N) is 1. The average Bonchev–Trinajstić information content (AvgIpc) is 3.47. The number of fused-ring (bicyclic) bond motifs is 1. The minimum absolute atomic E-state index is 0.0580. The van der Waals surface area contributed by atoms with Crippen LogP contribution in [0.25, 0.3) is 11.0 Å². The van der Waals surface area contributed by atoms with Gasteiger partial charge in [-0.1, -0.05) is 6.58 Å². The minimum atomic E-state index is -0.764. The molecule has 2 saturated heterocycles. The minimum Gasteiger partial charge on any atom is -0.605 e. The number of likely N-dealkylation sites (tertiary alicyclic amines) is 1. The lowest BCUT2D eigenvalue weighted by molar-refractivity contribution is -0.147. The fourth-order valence-corrected chi connectivity index (χ4v) is 8.11. The highest BCUT2D eigenvalue weighted by atomic mass is 33.1. The molecule has 0 radical (unpaired) electrons. The highest BCUT2D eigenvalue weighted by Gasteiger charge is 2.30. The molecule has 2 aliphatic rings. The second-order valence-corrected chi connectivity index (χ2v) is 12.6. The van der Waals surface area contributed by atoms with E-state index in [0.29, 0.717) is 24.4 Å². The lowest BCUT2D eigenvalue weighted by atomic mass is 9.99. The zero-order valence-corrected chi connectivity index (χ0v) is 21.7. The summed E-state index contributed by atoms with van der Waals surface area (Å²) >= 11 is 0. The van der Waals surface area contributed by atoms with Crippen molar-refractivity contribution in [3.8, 4) is 0 Å². The van der Waals surface area contributed by atoms with Gasteiger partial charge in [-0.05, 0) is 51.2 Å². The number of hydrogen-bond acceptors (Lipinski definition) is 8. The fourth-order valence-electron chi connectivity index (χ4n) is 4.62. The van der Waals surface area contributed by atoms with Gasteiger partial charge in [-0.2, -0.15) is 0 Å². The van der Waals surface area contributed by atoms with E-state index in [-0.39, 0.29) is 35.9 Å². The number of aromatic nitrogens is 3. The van der Waals surface area contributed by atoms with Crippen molar-refractivity contribution in [2.75, 3.05) is 17.6 Å². The smallest absolute Gasteiger partial charge is 0.307 e. The van der Waals surface area contributed by atoms with Crippen LogP contribution in [-0.4, -0.2) is 65.5 Å². The molecule has 0 spiro atoms. The summed E-state index contributed by atoms with van der Waals surface area (Å²) < 4.78 is 19.0. The first-order valence-electron chi connectivity index (χ1n) is 12.1. The highest BCUT2D eigenvalue weighted by molar-refractivity contribution is 8.72. The number of hydrogen-bond donors (Lipinski definition) is 1. The van der Waals surface area contributed by atoms with Crippen LogP contribution in [0.3, 0.4) is 0 Å². The first kappa shape index (κ1) is 25.8. The summed E-state index contributed by atoms with van der Waals surface area (Å²) in [5.74, 6) is 1.37. The Morgan fingerprint density at radius 2 is 2.20 bits per heavy atom. The van der Waals surface area contributed by atoms with E-state index in [4.69, 9.17) is 4.74 Å². The van der Waals surface area contributed by atoms with E-state index >= 15 is 0 Å². The van der Waals surface area contributed by atoms with Crippen LogP contribution in [0, 0.1) is 0 Å². The Labute approximate surface area is 212 Å². The molecule has 1 unspecified atom stereocenters. The van der Waals surface area contributed by atoms with Gasteiger partial charge < -0.3 is 19.5 Å². The van der Waals surface area contributed by atoms with Crippen molar-refractivity contribution in [3.63, 3.8) is 0 Å². The van der Waals surface area contributed by atoms with Gasteiger partial charge in [-0.3, -0.25) is 14.2 Å². The molecule has 0 aromatic carbocycles. The molecule has 11 heteroatoms. The second-order valence-electron chi connectivity index (χ2n) is 9.09. The van der Waals surface area contributed by atoms with Crippen LogP contribution in [0.15, 0.2) is 31.2 Å². The van der Waals surface area contributed by atoms with Gasteiger partial charge in [0.15, 0.2) is 6.73 Å². The standard InChI is InChI=1S/C24H33N5O4S2/c1-3-21(30)29-14-18(9-8-17(29)2)27-23-20-10-12-28(24(20)26-15-25-23)16-33-22(31)7-5-4-6-19-11-13-34-35(19)32/h3,10,12,15,17-19H,1,4-9,11,13-14,16H2,2H3,(H,25,26,27)/t17-,18+,19+,35?/m0/s1. The zero-order valence-electron chi connectivity index (χ0n) is 20.1. The molecule has 2 aliphatic heterocycles. The monoisotopic (exact) mass is 519 g/mol. The summed E-state index contributed by atoms with van der Waals surface area (Å²) in [6.07, 6.45) is 10.4. The summed E-state index contributed by atoms with van der Waals surface area (Å²) in [7, 11) is 0.769. The number of carbonyl (C=O) groups excluding carboxylic acids is 2. The molecule has 4 atom stereocenters. The maximum atomic E-state index is 12.2. The van der Waals surface area contributed by atoms with E-state index in [9.17, 15) is 14.1 Å². The molecule has 4 rings (SSSR count). The van der Waals surface area contributed by atoms with E-state index in [0.717, 1.165) is 49.7 Å². The first-order valence-corrected chi connectivity index (χ1v) is 14.9. The van der Waals surface area contributed by atoms with Crippen molar-refractivity contribution in [2.45, 2.75) is 75.9 Å². The SMILES string of the molecule is C=CC(=O)N1C[C@H](Nc2ncnc3c2ccn3COC(=O)CCCC[C@@H]2CCS[S+]2[O-])CC[C@@H]1C. The third kappa shape index (κ3) is 6.50. The second kappa shape index (κ2) is 12.1. The molecule has 2 fully saturated rings. The van der Waals surface area contributed by atoms with E-state index in [2.05, 4.69) is 28.8 Å². The molecular weight excluding hydrogens is 486 g/mol. The van der Waals surface area contributed by atoms with Gasteiger partial charge in [0, 0.05) is 53.6 Å². The van der Waals surface area contributed by atoms with Crippen molar-refractivity contribution >= 4 is 49.7 Å². The predicted octanol–water partition coefficient (Wildman–Crippen LogP) is 3.64. The van der Waals surface area contributed by atoms with Crippen LogP contribution >= 0.6 is 10.8 Å². The van der Waals surface area contributed by atoms with Crippen LogP contribution < -0.4 is 5.32 Å². The van der Waals surface area contributed by atoms with E-state index in [1.54, 1.807) is 4.57 Å². The quantitative estimate of drug-likeness (QED) is 0.166. The van der Waals surface area contributed by atoms with Gasteiger partial charge >= 0.3 is 5.97 Å². The third-order valence-electron chi connectivity index (χ3n) is 6.67. The van der Waals surface area contributed by atoms with E-state index in [1.807, 2.05) is 17.2 Å². The molecular formula is C24H33N5O4S2. The van der Waals surface area contributed by atoms with Gasteiger partial charge in [-0.25, -0.2) is 9.97 Å². The Bertz CT molecular complexity index is 1050. The van der Waals surface area contributed by atoms with Crippen LogP contribution in [-0.2, 0) is 31.3 Å². The highest BCUT2D eigenvalue weighted by Crippen LogP contribution is 2.33. The number of carbonyl (C=O) groups is 2. The number of ether oxygens (including phenoxy) is 1. The van der Waals surface area contributed by atoms with Crippen molar-refractivity contribution in [2.24, 2.45) is 0 Å². The molecule has 190 valence electrons. The van der Waals surface area contributed by atoms with Gasteiger partial charge in [0.25, 0.3) is 0 Å². The molecule has 0 saturated carbocycles. The number of anilines is 1. The number of unbranched alkanes of at least 4 members (excludes halogenated alkanes) is 1. The molecule has 1 amide bonds.